The molecule has 0 unspecified atom stereocenters. The van der Waals surface area contributed by atoms with Crippen LogP contribution in [0.15, 0.2) is 22.9 Å². The van der Waals surface area contributed by atoms with Crippen LogP contribution in [0.1, 0.15) is 51.3 Å². The van der Waals surface area contributed by atoms with Crippen LogP contribution in [0.2, 0.25) is 0 Å². The molecule has 0 radical (unpaired) electrons. The molecule has 6 heteroatoms. The van der Waals surface area contributed by atoms with Gasteiger partial charge in [-0.2, -0.15) is 4.98 Å². The average molecular weight is 316 g/mol. The van der Waals surface area contributed by atoms with Gasteiger partial charge >= 0.3 is 0 Å². The Morgan fingerprint density at radius 3 is 2.83 bits per heavy atom. The quantitative estimate of drug-likeness (QED) is 0.816. The number of aromatic nitrogens is 3. The first-order chi connectivity index (χ1) is 11.1. The van der Waals surface area contributed by atoms with E-state index >= 15 is 0 Å². The number of hydrogen-bond acceptors (Lipinski definition) is 6. The van der Waals surface area contributed by atoms with Gasteiger partial charge in [-0.15, -0.1) is 0 Å². The Morgan fingerprint density at radius 2 is 2.22 bits per heavy atom. The molecule has 0 spiro atoms. The fourth-order valence-electron chi connectivity index (χ4n) is 2.95. The Hall–Kier alpha value is -1.95. The van der Waals surface area contributed by atoms with E-state index in [9.17, 15) is 5.11 Å². The lowest BCUT2D eigenvalue weighted by Gasteiger charge is -2.42. The molecule has 0 aromatic carbocycles. The van der Waals surface area contributed by atoms with Crippen molar-refractivity contribution in [1.82, 2.24) is 15.1 Å². The van der Waals surface area contributed by atoms with E-state index in [1.165, 1.54) is 19.3 Å². The molecule has 0 atom stereocenters. The molecular weight excluding hydrogens is 292 g/mol. The minimum atomic E-state index is 0.224. The van der Waals surface area contributed by atoms with Gasteiger partial charge in [-0.3, -0.25) is 0 Å². The van der Waals surface area contributed by atoms with Crippen LogP contribution in [0.25, 0.3) is 11.5 Å². The number of pyridine rings is 1. The van der Waals surface area contributed by atoms with E-state index in [0.717, 1.165) is 24.3 Å². The zero-order chi connectivity index (χ0) is 16.3. The SMILES string of the molecule is CC(C)c1noc(-c2ccnc(NCC3(CCO)CCC3)c2)n1. The summed E-state index contributed by atoms with van der Waals surface area (Å²) in [6.45, 7) is 5.15. The molecule has 1 aliphatic rings. The van der Waals surface area contributed by atoms with Crippen molar-refractivity contribution in [1.29, 1.82) is 0 Å². The molecule has 0 bridgehead atoms. The third-order valence-corrected chi connectivity index (χ3v) is 4.67. The van der Waals surface area contributed by atoms with Crippen LogP contribution < -0.4 is 5.32 Å². The fraction of sp³-hybridized carbons (Fsp3) is 0.588. The minimum absolute atomic E-state index is 0.224. The van der Waals surface area contributed by atoms with E-state index in [1.807, 2.05) is 26.0 Å². The van der Waals surface area contributed by atoms with Crippen LogP contribution in [0.4, 0.5) is 5.82 Å². The van der Waals surface area contributed by atoms with Crippen molar-refractivity contribution < 1.29 is 9.63 Å². The predicted octanol–water partition coefficient (Wildman–Crippen LogP) is 3.22. The van der Waals surface area contributed by atoms with Gasteiger partial charge in [0.15, 0.2) is 5.82 Å². The number of aliphatic hydroxyl groups excluding tert-OH is 1. The van der Waals surface area contributed by atoms with Crippen molar-refractivity contribution >= 4 is 5.82 Å². The predicted molar refractivity (Wildman–Crippen MR) is 88.1 cm³/mol. The van der Waals surface area contributed by atoms with Crippen molar-refractivity contribution in [3.63, 3.8) is 0 Å². The molecule has 0 amide bonds. The van der Waals surface area contributed by atoms with Crippen LogP contribution in [0.3, 0.4) is 0 Å². The molecule has 1 saturated carbocycles. The number of hydrogen-bond donors (Lipinski definition) is 2. The smallest absolute Gasteiger partial charge is 0.258 e. The van der Waals surface area contributed by atoms with Crippen LogP contribution in [-0.2, 0) is 0 Å². The summed E-state index contributed by atoms with van der Waals surface area (Å²) >= 11 is 0. The van der Waals surface area contributed by atoms with Crippen LogP contribution in [0, 0.1) is 5.41 Å². The lowest BCUT2D eigenvalue weighted by Crippen LogP contribution is -2.37. The third kappa shape index (κ3) is 3.52. The Labute approximate surface area is 136 Å². The first-order valence-electron chi connectivity index (χ1n) is 8.27. The lowest BCUT2D eigenvalue weighted by molar-refractivity contribution is 0.102. The highest BCUT2D eigenvalue weighted by atomic mass is 16.5. The summed E-state index contributed by atoms with van der Waals surface area (Å²) in [6, 6.07) is 3.80. The second-order valence-electron chi connectivity index (χ2n) is 6.72. The van der Waals surface area contributed by atoms with Crippen LogP contribution in [0.5, 0.6) is 0 Å². The molecule has 3 rings (SSSR count). The van der Waals surface area contributed by atoms with Gasteiger partial charge in [0.1, 0.15) is 5.82 Å². The summed E-state index contributed by atoms with van der Waals surface area (Å²) in [5.41, 5.74) is 1.09. The number of rotatable bonds is 7. The second kappa shape index (κ2) is 6.66. The Balaban J connectivity index is 1.69. The van der Waals surface area contributed by atoms with Gasteiger partial charge in [0.05, 0.1) is 0 Å². The normalized spacial score (nSPS) is 16.3. The van der Waals surface area contributed by atoms with Crippen LogP contribution >= 0.6 is 0 Å². The highest BCUT2D eigenvalue weighted by molar-refractivity contribution is 5.57. The summed E-state index contributed by atoms with van der Waals surface area (Å²) in [4.78, 5) is 8.79. The lowest BCUT2D eigenvalue weighted by atomic mass is 9.67. The fourth-order valence-corrected chi connectivity index (χ4v) is 2.95. The standard InChI is InChI=1S/C17H24N4O2/c1-12(2)15-20-16(23-21-15)13-4-8-18-14(10-13)19-11-17(7-9-22)5-3-6-17/h4,8,10,12,22H,3,5-7,9,11H2,1-2H3,(H,18,19). The van der Waals surface area contributed by atoms with Gasteiger partial charge in [0.2, 0.25) is 0 Å². The van der Waals surface area contributed by atoms with Crippen LogP contribution in [-0.4, -0.2) is 33.4 Å². The van der Waals surface area contributed by atoms with E-state index < -0.39 is 0 Å². The van der Waals surface area contributed by atoms with Crippen molar-refractivity contribution in [2.75, 3.05) is 18.5 Å². The Morgan fingerprint density at radius 1 is 1.39 bits per heavy atom. The maximum atomic E-state index is 9.23. The van der Waals surface area contributed by atoms with Gasteiger partial charge in [-0.05, 0) is 36.8 Å². The molecule has 23 heavy (non-hydrogen) atoms. The van der Waals surface area contributed by atoms with E-state index in [2.05, 4.69) is 20.4 Å². The van der Waals surface area contributed by atoms with Crippen molar-refractivity contribution in [2.45, 2.75) is 45.4 Å². The third-order valence-electron chi connectivity index (χ3n) is 4.67. The summed E-state index contributed by atoms with van der Waals surface area (Å²) in [5, 5.41) is 16.6. The molecule has 2 aromatic rings. The van der Waals surface area contributed by atoms with Gasteiger partial charge < -0.3 is 14.9 Å². The van der Waals surface area contributed by atoms with E-state index in [-0.39, 0.29) is 17.9 Å². The van der Waals surface area contributed by atoms with Crippen molar-refractivity contribution in [3.8, 4) is 11.5 Å². The number of anilines is 1. The molecular formula is C17H24N4O2. The summed E-state index contributed by atoms with van der Waals surface area (Å²) in [7, 11) is 0. The Bertz CT molecular complexity index is 650. The summed E-state index contributed by atoms with van der Waals surface area (Å²) in [5.74, 6) is 2.27. The van der Waals surface area contributed by atoms with Gasteiger partial charge in [-0.25, -0.2) is 4.98 Å². The summed E-state index contributed by atoms with van der Waals surface area (Å²) in [6.07, 6.45) is 6.18. The minimum Gasteiger partial charge on any atom is -0.396 e. The van der Waals surface area contributed by atoms with Gasteiger partial charge in [0.25, 0.3) is 5.89 Å². The van der Waals surface area contributed by atoms with E-state index in [0.29, 0.717) is 11.7 Å². The first kappa shape index (κ1) is 15.9. The number of nitrogens with one attached hydrogen (secondary N) is 1. The maximum absolute atomic E-state index is 9.23. The average Bonchev–Trinajstić information content (AvgIpc) is 3.00. The molecule has 2 N–H and O–H groups in total. The van der Waals surface area contributed by atoms with E-state index in [4.69, 9.17) is 4.52 Å². The first-order valence-corrected chi connectivity index (χ1v) is 8.27. The molecule has 1 fully saturated rings. The largest absolute Gasteiger partial charge is 0.396 e. The molecule has 124 valence electrons. The number of nitrogens with zero attached hydrogens (tertiary/aromatic N) is 3. The molecule has 1 aliphatic carbocycles. The highest BCUT2D eigenvalue weighted by Gasteiger charge is 2.36. The monoisotopic (exact) mass is 316 g/mol. The second-order valence-corrected chi connectivity index (χ2v) is 6.72. The number of aliphatic hydroxyl groups is 1. The molecule has 0 saturated heterocycles. The van der Waals surface area contributed by atoms with Crippen molar-refractivity contribution in [2.24, 2.45) is 5.41 Å². The molecule has 2 heterocycles. The van der Waals surface area contributed by atoms with E-state index in [1.54, 1.807) is 6.20 Å². The molecule has 6 nitrogen and oxygen atoms in total. The van der Waals surface area contributed by atoms with Gasteiger partial charge in [-0.1, -0.05) is 25.4 Å². The molecule has 2 aromatic heterocycles. The van der Waals surface area contributed by atoms with Gasteiger partial charge in [0, 0.05) is 30.8 Å². The maximum Gasteiger partial charge on any atom is 0.258 e. The molecule has 0 aliphatic heterocycles. The van der Waals surface area contributed by atoms with Crippen molar-refractivity contribution in [3.05, 3.63) is 24.2 Å². The topological polar surface area (TPSA) is 84.1 Å². The summed E-state index contributed by atoms with van der Waals surface area (Å²) < 4.78 is 5.33. The highest BCUT2D eigenvalue weighted by Crippen LogP contribution is 2.43. The zero-order valence-electron chi connectivity index (χ0n) is 13.7. The Kier molecular flexibility index (Phi) is 4.61. The zero-order valence-corrected chi connectivity index (χ0v) is 13.7.